The molecule has 2 saturated heterocycles. The second kappa shape index (κ2) is 16.9. The molecule has 14 nitrogen and oxygen atoms in total. The van der Waals surface area contributed by atoms with Crippen molar-refractivity contribution in [3.8, 4) is 11.5 Å². The fourth-order valence-corrected chi connectivity index (χ4v) is 9.30. The summed E-state index contributed by atoms with van der Waals surface area (Å²) in [6.07, 6.45) is 7.42. The summed E-state index contributed by atoms with van der Waals surface area (Å²) < 4.78 is 37.2. The van der Waals surface area contributed by atoms with Crippen molar-refractivity contribution in [1.29, 1.82) is 0 Å². The summed E-state index contributed by atoms with van der Waals surface area (Å²) in [7, 11) is 1.51. The molecule has 2 fully saturated rings. The number of amides is 1. The predicted octanol–water partition coefficient (Wildman–Crippen LogP) is 6.49. The third kappa shape index (κ3) is 8.17. The molecule has 1 aromatic rings. The first-order valence-corrected chi connectivity index (χ1v) is 20.9. The molecule has 7 bridgehead atoms. The number of piperidine rings is 1. The van der Waals surface area contributed by atoms with Crippen LogP contribution in [0.3, 0.4) is 0 Å². The smallest absolute Gasteiger partial charge is 0.312 e. The number of rotatable bonds is 3. The zero-order valence-electron chi connectivity index (χ0n) is 36.8. The fraction of sp³-hybridized carbons (Fsp3) is 0.587. The molecule has 0 saturated carbocycles. The van der Waals surface area contributed by atoms with Crippen LogP contribution in [0, 0.1) is 36.5 Å². The number of carbonyl (C=O) groups is 5. The molecule has 326 valence electrons. The number of fused-ring (bicyclic) bond motifs is 10. The van der Waals surface area contributed by atoms with Gasteiger partial charge < -0.3 is 43.7 Å². The number of ether oxygens (including phenoxy) is 6. The molecule has 6 aliphatic rings. The molecule has 0 aromatic heterocycles. The quantitative estimate of drug-likeness (QED) is 0.317. The minimum Gasteiger partial charge on any atom is -0.507 e. The van der Waals surface area contributed by atoms with E-state index in [1.165, 1.54) is 34.1 Å². The van der Waals surface area contributed by atoms with Crippen LogP contribution >= 0.6 is 0 Å². The van der Waals surface area contributed by atoms with Gasteiger partial charge >= 0.3 is 11.8 Å². The molecular formula is C46H60N2O12. The fourth-order valence-electron chi connectivity index (χ4n) is 9.30. The summed E-state index contributed by atoms with van der Waals surface area (Å²) in [6, 6.07) is 0. The third-order valence-corrected chi connectivity index (χ3v) is 12.8. The van der Waals surface area contributed by atoms with Crippen LogP contribution < -0.4 is 10.1 Å². The predicted molar refractivity (Wildman–Crippen MR) is 220 cm³/mol. The number of allylic oxidation sites excluding steroid dienone is 4. The van der Waals surface area contributed by atoms with Gasteiger partial charge in [-0.25, -0.2) is 0 Å². The molecule has 5 aliphatic heterocycles. The number of aromatic hydroxyl groups is 1. The number of Topliss-reactive ketones (excluding diaryl/α,β-unsaturated/α-hetero) is 3. The molecule has 1 amide bonds. The Hall–Kier alpha value is -4.79. The highest BCUT2D eigenvalue weighted by atomic mass is 16.7. The van der Waals surface area contributed by atoms with E-state index in [0.29, 0.717) is 19.0 Å². The van der Waals surface area contributed by atoms with E-state index in [-0.39, 0.29) is 63.3 Å². The van der Waals surface area contributed by atoms with Crippen LogP contribution in [-0.4, -0.2) is 95.4 Å². The number of methoxy groups -OCH3 is 1. The van der Waals surface area contributed by atoms with Crippen molar-refractivity contribution in [2.75, 3.05) is 20.2 Å². The highest BCUT2D eigenvalue weighted by Crippen LogP contribution is 2.49. The van der Waals surface area contributed by atoms with Crippen molar-refractivity contribution < 1.29 is 57.5 Å². The van der Waals surface area contributed by atoms with Crippen LogP contribution in [0.4, 0.5) is 0 Å². The summed E-state index contributed by atoms with van der Waals surface area (Å²) in [6.45, 7) is 20.3. The minimum atomic E-state index is -2.02. The van der Waals surface area contributed by atoms with E-state index in [0.717, 1.165) is 12.8 Å². The summed E-state index contributed by atoms with van der Waals surface area (Å²) in [5.74, 6) is -7.83. The number of esters is 1. The Labute approximate surface area is 352 Å². The van der Waals surface area contributed by atoms with Gasteiger partial charge in [-0.2, -0.15) is 0 Å². The molecular weight excluding hydrogens is 773 g/mol. The number of benzene rings is 1. The van der Waals surface area contributed by atoms with E-state index in [2.05, 4.69) is 12.2 Å². The van der Waals surface area contributed by atoms with Crippen molar-refractivity contribution >= 4 is 29.2 Å². The molecule has 1 aliphatic carbocycles. The maximum atomic E-state index is 14.9. The Morgan fingerprint density at radius 1 is 0.883 bits per heavy atom. The normalized spacial score (nSPS) is 34.6. The van der Waals surface area contributed by atoms with Crippen LogP contribution in [0.25, 0.3) is 0 Å². The van der Waals surface area contributed by atoms with Gasteiger partial charge in [-0.15, -0.1) is 0 Å². The van der Waals surface area contributed by atoms with Gasteiger partial charge in [0.2, 0.25) is 11.6 Å². The maximum Gasteiger partial charge on any atom is 0.312 e. The van der Waals surface area contributed by atoms with Gasteiger partial charge in [0.25, 0.3) is 11.7 Å². The molecule has 5 heterocycles. The van der Waals surface area contributed by atoms with Crippen molar-refractivity contribution in [2.24, 2.45) is 29.6 Å². The second-order valence-corrected chi connectivity index (χ2v) is 17.8. The largest absolute Gasteiger partial charge is 0.507 e. The standard InChI is InChI=1S/C46H60N2O12/c1-22-16-19-48(20-17-22)35-34-37(51)32-31(38(35)52)33-42(26(5)36(32)50)60-46(11,43(33)53)56-21-18-30(55-12)25(4)40(57-29(8)49)28(7)41-27(6)39(58-45(9,10)59-41)23(2)14-13-15-24(3)44(54)47-34/h13-15,18,21-23,25,27-28,30,39-41,50H,16-17,19-20H2,1-12H3,(H,47,54)/b14-13+,21-18-,24-15+. The van der Waals surface area contributed by atoms with E-state index in [9.17, 15) is 29.1 Å². The number of phenols is 1. The van der Waals surface area contributed by atoms with Crippen molar-refractivity contribution in [2.45, 2.75) is 125 Å². The van der Waals surface area contributed by atoms with Crippen molar-refractivity contribution in [3.05, 3.63) is 69.8 Å². The van der Waals surface area contributed by atoms with Crippen LogP contribution in [0.5, 0.6) is 11.5 Å². The van der Waals surface area contributed by atoms with Gasteiger partial charge in [-0.05, 0) is 52.5 Å². The number of carbonyl (C=O) groups excluding carboxylic acids is 5. The third-order valence-electron chi connectivity index (χ3n) is 12.8. The number of nitrogens with one attached hydrogen (secondary N) is 1. The number of nitrogens with zero attached hydrogens (tertiary/aromatic N) is 1. The SMILES string of the molecule is COC1/C=C\OC2(C)Oc3c(C)c(O)c4c(c3C2=O)C(=O)C(N2CCC(C)CC2)=C(NC(=O)/C(C)=C/C=C/C(C)C2OC(C)(C)OC(C2C)C(C)C(OC(C)=O)C1C)C4=O. The molecule has 7 rings (SSSR count). The number of hydrogen-bond donors (Lipinski definition) is 2. The monoisotopic (exact) mass is 832 g/mol. The molecule has 0 radical (unpaired) electrons. The molecule has 60 heavy (non-hydrogen) atoms. The van der Waals surface area contributed by atoms with Gasteiger partial charge in [0.15, 0.2) is 5.79 Å². The first-order valence-electron chi connectivity index (χ1n) is 20.9. The van der Waals surface area contributed by atoms with E-state index < -0.39 is 76.3 Å². The highest BCUT2D eigenvalue weighted by Gasteiger charge is 2.54. The summed E-state index contributed by atoms with van der Waals surface area (Å²) in [5, 5.41) is 14.3. The summed E-state index contributed by atoms with van der Waals surface area (Å²) >= 11 is 0. The number of phenolic OH excluding ortho intramolecular Hbond substituents is 1. The van der Waals surface area contributed by atoms with Gasteiger partial charge in [0, 0.05) is 68.9 Å². The van der Waals surface area contributed by atoms with Crippen LogP contribution in [-0.2, 0) is 33.3 Å². The lowest BCUT2D eigenvalue weighted by molar-refractivity contribution is -0.336. The van der Waals surface area contributed by atoms with Gasteiger partial charge in [0.1, 0.15) is 29.0 Å². The zero-order chi connectivity index (χ0) is 44.2. The van der Waals surface area contributed by atoms with Gasteiger partial charge in [0.05, 0.1) is 41.3 Å². The van der Waals surface area contributed by atoms with Gasteiger partial charge in [-0.1, -0.05) is 52.8 Å². The number of hydrogen-bond acceptors (Lipinski definition) is 13. The Morgan fingerprint density at radius 3 is 2.17 bits per heavy atom. The number of likely N-dealkylation sites (tertiary alicyclic amines) is 1. The summed E-state index contributed by atoms with van der Waals surface area (Å²) in [5.41, 5.74) is -0.926. The first-order chi connectivity index (χ1) is 28.1. The Balaban J connectivity index is 1.50. The highest BCUT2D eigenvalue weighted by molar-refractivity contribution is 6.32. The average molecular weight is 833 g/mol. The zero-order valence-corrected chi connectivity index (χ0v) is 36.8. The Morgan fingerprint density at radius 2 is 1.53 bits per heavy atom. The van der Waals surface area contributed by atoms with Crippen LogP contribution in [0.1, 0.15) is 119 Å². The Bertz CT molecular complexity index is 2070. The second-order valence-electron chi connectivity index (χ2n) is 17.8. The minimum absolute atomic E-state index is 0.0479. The lowest BCUT2D eigenvalue weighted by Gasteiger charge is -2.50. The van der Waals surface area contributed by atoms with E-state index in [1.54, 1.807) is 30.1 Å². The van der Waals surface area contributed by atoms with Crippen molar-refractivity contribution in [3.63, 3.8) is 0 Å². The first kappa shape index (κ1) is 44.8. The lowest BCUT2D eigenvalue weighted by Crippen LogP contribution is -2.56. The number of ketones is 3. The summed E-state index contributed by atoms with van der Waals surface area (Å²) in [4.78, 5) is 72.3. The molecule has 9 unspecified atom stereocenters. The van der Waals surface area contributed by atoms with Gasteiger partial charge in [-0.3, -0.25) is 24.0 Å². The van der Waals surface area contributed by atoms with E-state index in [1.807, 2.05) is 47.6 Å². The van der Waals surface area contributed by atoms with Crippen molar-refractivity contribution in [1.82, 2.24) is 10.2 Å². The van der Waals surface area contributed by atoms with E-state index >= 15 is 0 Å². The maximum absolute atomic E-state index is 14.9. The lowest BCUT2D eigenvalue weighted by atomic mass is 9.77. The van der Waals surface area contributed by atoms with E-state index in [4.69, 9.17) is 28.4 Å². The molecule has 1 aromatic carbocycles. The molecule has 14 heteroatoms. The van der Waals surface area contributed by atoms with Crippen LogP contribution in [0.15, 0.2) is 47.5 Å². The average Bonchev–Trinajstić information content (AvgIpc) is 3.45. The molecule has 2 N–H and O–H groups in total. The molecule has 9 atom stereocenters. The Kier molecular flexibility index (Phi) is 12.6. The van der Waals surface area contributed by atoms with Crippen LogP contribution in [0.2, 0.25) is 0 Å². The topological polar surface area (TPSA) is 176 Å². The molecule has 0 spiro atoms.